The SMILES string of the molecule is COc1ccc(CC(C)(NC(C)C)C(=O)O)cc1. The molecular weight excluding hydrogens is 230 g/mol. The van der Waals surface area contributed by atoms with Gasteiger partial charge in [0.05, 0.1) is 7.11 Å². The first-order valence-electron chi connectivity index (χ1n) is 6.01. The van der Waals surface area contributed by atoms with Crippen LogP contribution in [0.5, 0.6) is 5.75 Å². The molecule has 1 aromatic carbocycles. The van der Waals surface area contributed by atoms with Crippen molar-refractivity contribution in [2.75, 3.05) is 7.11 Å². The second-order valence-electron chi connectivity index (χ2n) is 4.96. The molecule has 0 bridgehead atoms. The molecule has 0 saturated carbocycles. The molecule has 0 amide bonds. The number of carboxylic acids is 1. The minimum Gasteiger partial charge on any atom is -0.497 e. The van der Waals surface area contributed by atoms with Gasteiger partial charge in [0.2, 0.25) is 0 Å². The summed E-state index contributed by atoms with van der Waals surface area (Å²) in [6.07, 6.45) is 0.435. The highest BCUT2D eigenvalue weighted by molar-refractivity contribution is 5.78. The van der Waals surface area contributed by atoms with E-state index in [-0.39, 0.29) is 6.04 Å². The molecule has 0 spiro atoms. The quantitative estimate of drug-likeness (QED) is 0.812. The van der Waals surface area contributed by atoms with Gasteiger partial charge in [0, 0.05) is 12.5 Å². The van der Waals surface area contributed by atoms with Gasteiger partial charge in [0.25, 0.3) is 0 Å². The summed E-state index contributed by atoms with van der Waals surface area (Å²) < 4.78 is 5.08. The largest absolute Gasteiger partial charge is 0.497 e. The third kappa shape index (κ3) is 3.74. The zero-order valence-electron chi connectivity index (χ0n) is 11.4. The summed E-state index contributed by atoms with van der Waals surface area (Å²) in [4.78, 5) is 11.4. The Kier molecular flexibility index (Phi) is 4.73. The van der Waals surface area contributed by atoms with Crippen LogP contribution in [0.15, 0.2) is 24.3 Å². The number of aliphatic carboxylic acids is 1. The molecule has 0 radical (unpaired) electrons. The molecule has 18 heavy (non-hydrogen) atoms. The van der Waals surface area contributed by atoms with Crippen LogP contribution in [0.3, 0.4) is 0 Å². The zero-order valence-corrected chi connectivity index (χ0v) is 11.4. The van der Waals surface area contributed by atoms with E-state index in [1.165, 1.54) is 0 Å². The lowest BCUT2D eigenvalue weighted by Gasteiger charge is -2.28. The molecule has 4 heteroatoms. The number of benzene rings is 1. The van der Waals surface area contributed by atoms with Crippen molar-refractivity contribution in [2.45, 2.75) is 38.8 Å². The summed E-state index contributed by atoms with van der Waals surface area (Å²) in [7, 11) is 1.61. The first-order valence-corrected chi connectivity index (χ1v) is 6.01. The maximum Gasteiger partial charge on any atom is 0.323 e. The second-order valence-corrected chi connectivity index (χ2v) is 4.96. The number of methoxy groups -OCH3 is 1. The van der Waals surface area contributed by atoms with Crippen molar-refractivity contribution in [3.05, 3.63) is 29.8 Å². The molecule has 4 nitrogen and oxygen atoms in total. The molecule has 1 rings (SSSR count). The number of ether oxygens (including phenoxy) is 1. The van der Waals surface area contributed by atoms with Crippen LogP contribution >= 0.6 is 0 Å². The highest BCUT2D eigenvalue weighted by Crippen LogP contribution is 2.18. The van der Waals surface area contributed by atoms with E-state index >= 15 is 0 Å². The molecular formula is C14H21NO3. The zero-order chi connectivity index (χ0) is 13.8. The van der Waals surface area contributed by atoms with Gasteiger partial charge in [0.15, 0.2) is 0 Å². The lowest BCUT2D eigenvalue weighted by Crippen LogP contribution is -2.53. The molecule has 0 aliphatic rings. The summed E-state index contributed by atoms with van der Waals surface area (Å²) in [5.41, 5.74) is 0.0109. The summed E-state index contributed by atoms with van der Waals surface area (Å²) in [6, 6.07) is 7.58. The Morgan fingerprint density at radius 3 is 2.33 bits per heavy atom. The van der Waals surface area contributed by atoms with Gasteiger partial charge in [-0.1, -0.05) is 12.1 Å². The molecule has 2 N–H and O–H groups in total. The summed E-state index contributed by atoms with van der Waals surface area (Å²) in [5, 5.41) is 12.5. The van der Waals surface area contributed by atoms with Crippen molar-refractivity contribution < 1.29 is 14.6 Å². The fourth-order valence-corrected chi connectivity index (χ4v) is 1.98. The summed E-state index contributed by atoms with van der Waals surface area (Å²) in [6.45, 7) is 5.59. The Balaban J connectivity index is 2.85. The molecule has 0 heterocycles. The fourth-order valence-electron chi connectivity index (χ4n) is 1.98. The lowest BCUT2D eigenvalue weighted by molar-refractivity contribution is -0.144. The molecule has 100 valence electrons. The number of hydrogen-bond acceptors (Lipinski definition) is 3. The second kappa shape index (κ2) is 5.87. The third-order valence-electron chi connectivity index (χ3n) is 2.80. The average Bonchev–Trinajstić information content (AvgIpc) is 2.28. The molecule has 0 fully saturated rings. The van der Waals surface area contributed by atoms with Crippen LogP contribution in [0.2, 0.25) is 0 Å². The summed E-state index contributed by atoms with van der Waals surface area (Å²) >= 11 is 0. The van der Waals surface area contributed by atoms with Crippen molar-refractivity contribution in [1.82, 2.24) is 5.32 Å². The maximum atomic E-state index is 11.4. The smallest absolute Gasteiger partial charge is 0.323 e. The predicted molar refractivity (Wildman–Crippen MR) is 71.0 cm³/mol. The van der Waals surface area contributed by atoms with Crippen molar-refractivity contribution in [3.8, 4) is 5.75 Å². The van der Waals surface area contributed by atoms with Crippen LogP contribution in [0.4, 0.5) is 0 Å². The molecule has 0 aliphatic carbocycles. The van der Waals surface area contributed by atoms with Gasteiger partial charge < -0.3 is 9.84 Å². The highest BCUT2D eigenvalue weighted by atomic mass is 16.5. The van der Waals surface area contributed by atoms with Crippen LogP contribution in [0.1, 0.15) is 26.3 Å². The Labute approximate surface area is 108 Å². The van der Waals surface area contributed by atoms with Crippen molar-refractivity contribution in [1.29, 1.82) is 0 Å². The van der Waals surface area contributed by atoms with E-state index in [9.17, 15) is 9.90 Å². The number of hydrogen-bond donors (Lipinski definition) is 2. The van der Waals surface area contributed by atoms with Crippen LogP contribution in [-0.2, 0) is 11.2 Å². The Hall–Kier alpha value is -1.55. The van der Waals surface area contributed by atoms with E-state index in [2.05, 4.69) is 5.32 Å². The van der Waals surface area contributed by atoms with E-state index in [4.69, 9.17) is 4.74 Å². The van der Waals surface area contributed by atoms with Crippen molar-refractivity contribution in [3.63, 3.8) is 0 Å². The van der Waals surface area contributed by atoms with Gasteiger partial charge in [-0.15, -0.1) is 0 Å². The topological polar surface area (TPSA) is 58.6 Å². The van der Waals surface area contributed by atoms with Gasteiger partial charge in [-0.25, -0.2) is 0 Å². The van der Waals surface area contributed by atoms with Crippen molar-refractivity contribution >= 4 is 5.97 Å². The normalized spacial score (nSPS) is 14.3. The van der Waals surface area contributed by atoms with Crippen LogP contribution in [-0.4, -0.2) is 29.8 Å². The van der Waals surface area contributed by atoms with E-state index in [0.29, 0.717) is 6.42 Å². The predicted octanol–water partition coefficient (Wildman–Crippen LogP) is 2.08. The minimum absolute atomic E-state index is 0.115. The fraction of sp³-hybridized carbons (Fsp3) is 0.500. The van der Waals surface area contributed by atoms with Gasteiger partial charge in [-0.05, 0) is 38.5 Å². The van der Waals surface area contributed by atoms with Gasteiger partial charge in [-0.2, -0.15) is 0 Å². The molecule has 1 aromatic rings. The van der Waals surface area contributed by atoms with Crippen molar-refractivity contribution in [2.24, 2.45) is 0 Å². The minimum atomic E-state index is -0.956. The molecule has 1 atom stereocenters. The Morgan fingerprint density at radius 2 is 1.94 bits per heavy atom. The Bertz CT molecular complexity index is 400. The number of nitrogens with one attached hydrogen (secondary N) is 1. The first-order chi connectivity index (χ1) is 8.37. The van der Waals surface area contributed by atoms with Gasteiger partial charge in [0.1, 0.15) is 11.3 Å². The van der Waals surface area contributed by atoms with E-state index in [1.54, 1.807) is 14.0 Å². The van der Waals surface area contributed by atoms with E-state index in [1.807, 2.05) is 38.1 Å². The Morgan fingerprint density at radius 1 is 1.39 bits per heavy atom. The van der Waals surface area contributed by atoms with Gasteiger partial charge >= 0.3 is 5.97 Å². The van der Waals surface area contributed by atoms with Crippen LogP contribution in [0.25, 0.3) is 0 Å². The standard InChI is InChI=1S/C14H21NO3/c1-10(2)15-14(3,13(16)17)9-11-5-7-12(18-4)8-6-11/h5-8,10,15H,9H2,1-4H3,(H,16,17). The first kappa shape index (κ1) is 14.5. The van der Waals surface area contributed by atoms with Crippen LogP contribution < -0.4 is 10.1 Å². The number of rotatable bonds is 6. The average molecular weight is 251 g/mol. The lowest BCUT2D eigenvalue weighted by atomic mass is 9.92. The third-order valence-corrected chi connectivity index (χ3v) is 2.80. The van der Waals surface area contributed by atoms with Crippen LogP contribution in [0, 0.1) is 0 Å². The highest BCUT2D eigenvalue weighted by Gasteiger charge is 2.33. The number of carbonyl (C=O) groups is 1. The monoisotopic (exact) mass is 251 g/mol. The molecule has 1 unspecified atom stereocenters. The maximum absolute atomic E-state index is 11.4. The molecule has 0 aromatic heterocycles. The molecule has 0 saturated heterocycles. The van der Waals surface area contributed by atoms with Gasteiger partial charge in [-0.3, -0.25) is 10.1 Å². The summed E-state index contributed by atoms with van der Waals surface area (Å²) in [5.74, 6) is -0.0698. The van der Waals surface area contributed by atoms with E-state index in [0.717, 1.165) is 11.3 Å². The molecule has 0 aliphatic heterocycles. The van der Waals surface area contributed by atoms with E-state index < -0.39 is 11.5 Å². The number of carboxylic acid groups (broad SMARTS) is 1.